The summed E-state index contributed by atoms with van der Waals surface area (Å²) in [6, 6.07) is -0.252. The van der Waals surface area contributed by atoms with Crippen molar-refractivity contribution in [2.75, 3.05) is 13.7 Å². The molecule has 16 heavy (non-hydrogen) atoms. The molecule has 0 spiro atoms. The number of aromatic nitrogens is 2. The fourth-order valence-electron chi connectivity index (χ4n) is 1.19. The van der Waals surface area contributed by atoms with Gasteiger partial charge < -0.3 is 9.72 Å². The van der Waals surface area contributed by atoms with Crippen molar-refractivity contribution in [1.82, 2.24) is 14.7 Å². The van der Waals surface area contributed by atoms with Gasteiger partial charge in [0.1, 0.15) is 0 Å². The molecule has 0 radical (unpaired) electrons. The van der Waals surface area contributed by atoms with Gasteiger partial charge in [-0.15, -0.1) is 0 Å². The quantitative estimate of drug-likeness (QED) is 0.760. The lowest BCUT2D eigenvalue weighted by atomic mass is 10.1. The molecule has 0 fully saturated rings. The van der Waals surface area contributed by atoms with Crippen LogP contribution in [0.15, 0.2) is 17.6 Å². The van der Waals surface area contributed by atoms with Crippen molar-refractivity contribution in [2.24, 2.45) is 5.92 Å². The monoisotopic (exact) mass is 247 g/mol. The summed E-state index contributed by atoms with van der Waals surface area (Å²) in [5.74, 6) is 0.151. The highest BCUT2D eigenvalue weighted by Crippen LogP contribution is 2.08. The predicted octanol–water partition coefficient (Wildman–Crippen LogP) is 0.359. The fraction of sp³-hybridized carbons (Fsp3) is 0.667. The van der Waals surface area contributed by atoms with Crippen LogP contribution in [0.4, 0.5) is 0 Å². The topological polar surface area (TPSA) is 84.1 Å². The van der Waals surface area contributed by atoms with E-state index in [0.29, 0.717) is 6.61 Å². The Kier molecular flexibility index (Phi) is 4.45. The SMILES string of the molecule is COCC(NS(=O)(=O)c1cnc[nH]1)C(C)C. The van der Waals surface area contributed by atoms with Crippen molar-refractivity contribution in [3.05, 3.63) is 12.5 Å². The molecule has 0 aliphatic carbocycles. The van der Waals surface area contributed by atoms with E-state index in [-0.39, 0.29) is 17.0 Å². The first kappa shape index (κ1) is 13.1. The normalized spacial score (nSPS) is 14.2. The van der Waals surface area contributed by atoms with Gasteiger partial charge in [-0.2, -0.15) is 0 Å². The summed E-state index contributed by atoms with van der Waals surface area (Å²) >= 11 is 0. The van der Waals surface area contributed by atoms with E-state index in [4.69, 9.17) is 4.74 Å². The van der Waals surface area contributed by atoms with Crippen molar-refractivity contribution in [1.29, 1.82) is 0 Å². The van der Waals surface area contributed by atoms with Crippen LogP contribution in [-0.4, -0.2) is 38.1 Å². The Morgan fingerprint density at radius 3 is 2.69 bits per heavy atom. The zero-order valence-corrected chi connectivity index (χ0v) is 10.4. The maximum absolute atomic E-state index is 11.8. The molecule has 2 N–H and O–H groups in total. The van der Waals surface area contributed by atoms with E-state index in [1.54, 1.807) is 7.11 Å². The Labute approximate surface area is 95.5 Å². The Bertz CT molecular complexity index is 400. The highest BCUT2D eigenvalue weighted by molar-refractivity contribution is 7.89. The minimum atomic E-state index is -3.53. The van der Waals surface area contributed by atoms with Gasteiger partial charge in [-0.3, -0.25) is 0 Å². The summed E-state index contributed by atoms with van der Waals surface area (Å²) in [6.07, 6.45) is 2.60. The molecule has 1 rings (SSSR count). The number of H-pyrrole nitrogens is 1. The fourth-order valence-corrected chi connectivity index (χ4v) is 2.47. The molecule has 1 unspecified atom stereocenters. The van der Waals surface area contributed by atoms with E-state index < -0.39 is 10.0 Å². The third kappa shape index (κ3) is 3.29. The minimum Gasteiger partial charge on any atom is -0.383 e. The van der Waals surface area contributed by atoms with Crippen LogP contribution in [0.5, 0.6) is 0 Å². The summed E-state index contributed by atoms with van der Waals surface area (Å²) < 4.78 is 31.2. The van der Waals surface area contributed by atoms with Gasteiger partial charge >= 0.3 is 0 Å². The van der Waals surface area contributed by atoms with Crippen LogP contribution in [0.25, 0.3) is 0 Å². The molecule has 0 bridgehead atoms. The smallest absolute Gasteiger partial charge is 0.257 e. The highest BCUT2D eigenvalue weighted by Gasteiger charge is 2.23. The van der Waals surface area contributed by atoms with Crippen LogP contribution in [0.1, 0.15) is 13.8 Å². The lowest BCUT2D eigenvalue weighted by molar-refractivity contribution is 0.157. The number of imidazole rings is 1. The van der Waals surface area contributed by atoms with E-state index in [1.165, 1.54) is 12.5 Å². The number of ether oxygens (including phenoxy) is 1. The first-order chi connectivity index (χ1) is 7.47. The molecule has 1 aromatic heterocycles. The van der Waals surface area contributed by atoms with Crippen molar-refractivity contribution in [2.45, 2.75) is 24.9 Å². The predicted molar refractivity (Wildman–Crippen MR) is 59.4 cm³/mol. The van der Waals surface area contributed by atoms with Gasteiger partial charge in [-0.25, -0.2) is 18.1 Å². The molecule has 0 aromatic carbocycles. The molecule has 1 aromatic rings. The molecule has 0 saturated heterocycles. The van der Waals surface area contributed by atoms with Crippen molar-refractivity contribution in [3.63, 3.8) is 0 Å². The lowest BCUT2D eigenvalue weighted by Gasteiger charge is -2.20. The van der Waals surface area contributed by atoms with Gasteiger partial charge in [-0.1, -0.05) is 13.8 Å². The van der Waals surface area contributed by atoms with E-state index >= 15 is 0 Å². The number of rotatable bonds is 6. The van der Waals surface area contributed by atoms with Crippen LogP contribution < -0.4 is 4.72 Å². The number of nitrogens with zero attached hydrogens (tertiary/aromatic N) is 1. The van der Waals surface area contributed by atoms with Crippen LogP contribution in [-0.2, 0) is 14.8 Å². The summed E-state index contributed by atoms with van der Waals surface area (Å²) in [7, 11) is -1.99. The Balaban J connectivity index is 2.78. The number of aromatic amines is 1. The summed E-state index contributed by atoms with van der Waals surface area (Å²) in [5, 5.41) is 0.0641. The highest BCUT2D eigenvalue weighted by atomic mass is 32.2. The van der Waals surface area contributed by atoms with Crippen molar-refractivity contribution < 1.29 is 13.2 Å². The number of nitrogens with one attached hydrogen (secondary N) is 2. The third-order valence-electron chi connectivity index (χ3n) is 2.22. The van der Waals surface area contributed by atoms with Gasteiger partial charge in [0.2, 0.25) is 0 Å². The van der Waals surface area contributed by atoms with Crippen molar-refractivity contribution in [3.8, 4) is 0 Å². The number of hydrogen-bond acceptors (Lipinski definition) is 4. The molecule has 1 atom stereocenters. The minimum absolute atomic E-state index is 0.0641. The van der Waals surface area contributed by atoms with Gasteiger partial charge in [0.15, 0.2) is 5.03 Å². The summed E-state index contributed by atoms with van der Waals surface area (Å²) in [4.78, 5) is 6.24. The summed E-state index contributed by atoms with van der Waals surface area (Å²) in [6.45, 7) is 4.20. The first-order valence-electron chi connectivity index (χ1n) is 4.97. The maximum atomic E-state index is 11.8. The Morgan fingerprint density at radius 2 is 2.25 bits per heavy atom. The zero-order chi connectivity index (χ0) is 12.2. The summed E-state index contributed by atoms with van der Waals surface area (Å²) in [5.41, 5.74) is 0. The van der Waals surface area contributed by atoms with Gasteiger partial charge in [0, 0.05) is 13.2 Å². The zero-order valence-electron chi connectivity index (χ0n) is 9.60. The second kappa shape index (κ2) is 5.42. The number of methoxy groups -OCH3 is 1. The van der Waals surface area contributed by atoms with Crippen molar-refractivity contribution >= 4 is 10.0 Å². The number of sulfonamides is 1. The van der Waals surface area contributed by atoms with Crippen LogP contribution in [0.2, 0.25) is 0 Å². The molecular weight excluding hydrogens is 230 g/mol. The molecule has 1 heterocycles. The third-order valence-corrected chi connectivity index (χ3v) is 3.64. The Morgan fingerprint density at radius 1 is 1.56 bits per heavy atom. The first-order valence-corrected chi connectivity index (χ1v) is 6.45. The van der Waals surface area contributed by atoms with E-state index in [1.807, 2.05) is 13.8 Å². The molecule has 0 amide bonds. The van der Waals surface area contributed by atoms with Crippen LogP contribution in [0, 0.1) is 5.92 Å². The number of hydrogen-bond donors (Lipinski definition) is 2. The Hall–Kier alpha value is -0.920. The molecule has 0 aliphatic heterocycles. The van der Waals surface area contributed by atoms with Gasteiger partial charge in [0.05, 0.1) is 19.1 Å². The standard InChI is InChI=1S/C9H17N3O3S/c1-7(2)8(5-15-3)12-16(13,14)9-4-10-6-11-9/h4,6-8,12H,5H2,1-3H3,(H,10,11). The van der Waals surface area contributed by atoms with E-state index in [2.05, 4.69) is 14.7 Å². The molecule has 6 nitrogen and oxygen atoms in total. The second-order valence-corrected chi connectivity index (χ2v) is 5.53. The lowest BCUT2D eigenvalue weighted by Crippen LogP contribution is -2.41. The van der Waals surface area contributed by atoms with Crippen LogP contribution in [0.3, 0.4) is 0 Å². The molecule has 7 heteroatoms. The average Bonchev–Trinajstić information content (AvgIpc) is 2.69. The average molecular weight is 247 g/mol. The molecule has 0 saturated carbocycles. The van der Waals surface area contributed by atoms with Gasteiger partial charge in [-0.05, 0) is 5.92 Å². The van der Waals surface area contributed by atoms with E-state index in [0.717, 1.165) is 0 Å². The van der Waals surface area contributed by atoms with Crippen LogP contribution >= 0.6 is 0 Å². The largest absolute Gasteiger partial charge is 0.383 e. The van der Waals surface area contributed by atoms with E-state index in [9.17, 15) is 8.42 Å². The second-order valence-electron chi connectivity index (χ2n) is 3.84. The molecular formula is C9H17N3O3S. The molecule has 0 aliphatic rings. The van der Waals surface area contributed by atoms with Gasteiger partial charge in [0.25, 0.3) is 10.0 Å². The maximum Gasteiger partial charge on any atom is 0.257 e. The molecule has 92 valence electrons.